The van der Waals surface area contributed by atoms with E-state index >= 15 is 0 Å². The minimum Gasteiger partial charge on any atom is -0.399 e. The Morgan fingerprint density at radius 2 is 1.84 bits per heavy atom. The summed E-state index contributed by atoms with van der Waals surface area (Å²) in [5.41, 5.74) is 2.83. The topological polar surface area (TPSA) is 28.1 Å². The molecule has 1 fully saturated rings. The van der Waals surface area contributed by atoms with E-state index in [1.807, 2.05) is 18.2 Å². The van der Waals surface area contributed by atoms with E-state index < -0.39 is 0 Å². The highest BCUT2D eigenvalue weighted by Gasteiger charge is 2.19. The molecule has 0 aromatic heterocycles. The molecule has 0 N–H and O–H groups in total. The largest absolute Gasteiger partial charge is 0.399 e. The van der Waals surface area contributed by atoms with Gasteiger partial charge in [-0.25, -0.2) is 4.39 Å². The van der Waals surface area contributed by atoms with E-state index in [-0.39, 0.29) is 5.82 Å². The first kappa shape index (κ1) is 17.7. The first-order chi connectivity index (χ1) is 12.2. The van der Waals surface area contributed by atoms with E-state index in [1.165, 1.54) is 19.2 Å². The van der Waals surface area contributed by atoms with Crippen molar-refractivity contribution in [3.63, 3.8) is 0 Å². The summed E-state index contributed by atoms with van der Waals surface area (Å²) in [6.45, 7) is 4.34. The number of nitrogens with zero attached hydrogens (tertiary/aromatic N) is 3. The molecule has 1 heterocycles. The zero-order chi connectivity index (χ0) is 17.6. The van der Waals surface area contributed by atoms with Gasteiger partial charge in [-0.1, -0.05) is 35.0 Å². The number of rotatable bonds is 5. The average Bonchev–Trinajstić information content (AvgIpc) is 2.63. The lowest BCUT2D eigenvalue weighted by Crippen LogP contribution is -2.48. The van der Waals surface area contributed by atoms with Crippen molar-refractivity contribution in [3.8, 4) is 0 Å². The summed E-state index contributed by atoms with van der Waals surface area (Å²) in [7, 11) is 1.53. The number of benzene rings is 2. The Hall–Kier alpha value is -2.11. The number of oxime groups is 1. The number of piperazine rings is 1. The minimum atomic E-state index is -0.254. The van der Waals surface area contributed by atoms with Crippen LogP contribution in [0.2, 0.25) is 5.02 Å². The Labute approximate surface area is 152 Å². The first-order valence-electron chi connectivity index (χ1n) is 8.24. The smallest absolute Gasteiger partial charge is 0.123 e. The van der Waals surface area contributed by atoms with Gasteiger partial charge in [-0.05, 0) is 30.3 Å². The van der Waals surface area contributed by atoms with E-state index in [0.717, 1.165) is 48.2 Å². The maximum Gasteiger partial charge on any atom is 0.123 e. The molecule has 1 saturated heterocycles. The highest BCUT2D eigenvalue weighted by Crippen LogP contribution is 2.21. The van der Waals surface area contributed by atoms with E-state index in [4.69, 9.17) is 16.4 Å². The Balaban J connectivity index is 1.62. The van der Waals surface area contributed by atoms with Crippen LogP contribution in [0.15, 0.2) is 53.7 Å². The molecule has 0 unspecified atom stereocenters. The van der Waals surface area contributed by atoms with Gasteiger partial charge in [-0.2, -0.15) is 0 Å². The van der Waals surface area contributed by atoms with Crippen molar-refractivity contribution in [2.45, 2.75) is 0 Å². The Bertz CT molecular complexity index is 728. The number of anilines is 1. The van der Waals surface area contributed by atoms with Crippen LogP contribution in [0.4, 0.5) is 10.1 Å². The molecule has 6 heteroatoms. The lowest BCUT2D eigenvalue weighted by molar-refractivity contribution is 0.209. The summed E-state index contributed by atoms with van der Waals surface area (Å²) in [5.74, 6) is -0.254. The zero-order valence-corrected chi connectivity index (χ0v) is 14.9. The molecule has 0 bridgehead atoms. The highest BCUT2D eigenvalue weighted by atomic mass is 35.5. The predicted octanol–water partition coefficient (Wildman–Crippen LogP) is 3.65. The second-order valence-electron chi connectivity index (χ2n) is 5.97. The molecule has 0 spiro atoms. The quantitative estimate of drug-likeness (QED) is 0.601. The monoisotopic (exact) mass is 361 g/mol. The van der Waals surface area contributed by atoms with E-state index in [0.29, 0.717) is 6.54 Å². The van der Waals surface area contributed by atoms with Crippen molar-refractivity contribution in [1.82, 2.24) is 4.90 Å². The third-order valence-corrected chi connectivity index (χ3v) is 4.53. The third-order valence-electron chi connectivity index (χ3n) is 4.30. The van der Waals surface area contributed by atoms with Crippen molar-refractivity contribution in [1.29, 1.82) is 0 Å². The molecule has 2 aromatic carbocycles. The standard InChI is InChI=1S/C19H21ClFN3O/c1-25-22-19(15-5-7-17(21)8-6-15)14-23-9-11-24(12-10-23)18-4-2-3-16(20)13-18/h2-8,13H,9-12,14H2,1H3/b22-19+. The molecule has 132 valence electrons. The summed E-state index contributed by atoms with van der Waals surface area (Å²) >= 11 is 6.08. The van der Waals surface area contributed by atoms with E-state index in [9.17, 15) is 4.39 Å². The fourth-order valence-corrected chi connectivity index (χ4v) is 3.16. The van der Waals surface area contributed by atoms with Crippen LogP contribution < -0.4 is 4.90 Å². The Morgan fingerprint density at radius 1 is 1.12 bits per heavy atom. The van der Waals surface area contributed by atoms with Crippen LogP contribution in [0.1, 0.15) is 5.56 Å². The van der Waals surface area contributed by atoms with Crippen molar-refractivity contribution in [2.75, 3.05) is 44.7 Å². The molecule has 0 radical (unpaired) electrons. The van der Waals surface area contributed by atoms with Gasteiger partial charge in [-0.3, -0.25) is 4.90 Å². The number of hydrogen-bond donors (Lipinski definition) is 0. The van der Waals surface area contributed by atoms with Crippen LogP contribution in [0.3, 0.4) is 0 Å². The summed E-state index contributed by atoms with van der Waals surface area (Å²) < 4.78 is 13.1. The summed E-state index contributed by atoms with van der Waals surface area (Å²) in [4.78, 5) is 9.62. The molecule has 0 amide bonds. The lowest BCUT2D eigenvalue weighted by atomic mass is 10.1. The fraction of sp³-hybridized carbons (Fsp3) is 0.316. The van der Waals surface area contributed by atoms with Gasteiger partial charge in [0.15, 0.2) is 0 Å². The van der Waals surface area contributed by atoms with Gasteiger partial charge in [0.25, 0.3) is 0 Å². The molecule has 4 nitrogen and oxygen atoms in total. The molecule has 0 saturated carbocycles. The minimum absolute atomic E-state index is 0.254. The number of halogens is 2. The van der Waals surface area contributed by atoms with Crippen molar-refractivity contribution < 1.29 is 9.23 Å². The van der Waals surface area contributed by atoms with Gasteiger partial charge >= 0.3 is 0 Å². The Kier molecular flexibility index (Phi) is 5.89. The van der Waals surface area contributed by atoms with Crippen LogP contribution in [-0.4, -0.2) is 50.4 Å². The summed E-state index contributed by atoms with van der Waals surface area (Å²) in [6.07, 6.45) is 0. The summed E-state index contributed by atoms with van der Waals surface area (Å²) in [5, 5.41) is 4.88. The molecule has 0 aliphatic carbocycles. The second kappa shape index (κ2) is 8.32. The molecule has 1 aliphatic rings. The molecule has 2 aromatic rings. The lowest BCUT2D eigenvalue weighted by Gasteiger charge is -2.36. The molecule has 1 aliphatic heterocycles. The maximum absolute atomic E-state index is 13.1. The molecular weight excluding hydrogens is 341 g/mol. The predicted molar refractivity (Wildman–Crippen MR) is 100 cm³/mol. The number of hydrogen-bond acceptors (Lipinski definition) is 4. The Morgan fingerprint density at radius 3 is 2.48 bits per heavy atom. The maximum atomic E-state index is 13.1. The highest BCUT2D eigenvalue weighted by molar-refractivity contribution is 6.30. The molecular formula is C19H21ClFN3O. The van der Waals surface area contributed by atoms with Gasteiger partial charge in [-0.15, -0.1) is 0 Å². The van der Waals surface area contributed by atoms with Crippen molar-refractivity contribution >= 4 is 23.0 Å². The van der Waals surface area contributed by atoms with Gasteiger partial charge in [0.2, 0.25) is 0 Å². The van der Waals surface area contributed by atoms with Crippen molar-refractivity contribution in [2.24, 2.45) is 5.16 Å². The van der Waals surface area contributed by atoms with Gasteiger partial charge in [0.1, 0.15) is 18.6 Å². The van der Waals surface area contributed by atoms with E-state index in [2.05, 4.69) is 21.0 Å². The SMILES string of the molecule is CO/N=C(\CN1CCN(c2cccc(Cl)c2)CC1)c1ccc(F)cc1. The molecule has 3 rings (SSSR count). The average molecular weight is 362 g/mol. The molecule has 25 heavy (non-hydrogen) atoms. The summed E-state index contributed by atoms with van der Waals surface area (Å²) in [6, 6.07) is 14.3. The van der Waals surface area contributed by atoms with Gasteiger partial charge in [0, 0.05) is 49.0 Å². The molecule has 0 atom stereocenters. The second-order valence-corrected chi connectivity index (χ2v) is 6.41. The van der Waals surface area contributed by atoms with Crippen LogP contribution >= 0.6 is 11.6 Å². The zero-order valence-electron chi connectivity index (χ0n) is 14.2. The van der Waals surface area contributed by atoms with Crippen LogP contribution in [0.5, 0.6) is 0 Å². The normalized spacial score (nSPS) is 16.1. The van der Waals surface area contributed by atoms with E-state index in [1.54, 1.807) is 12.1 Å². The first-order valence-corrected chi connectivity index (χ1v) is 8.62. The van der Waals surface area contributed by atoms with Crippen LogP contribution in [0, 0.1) is 5.82 Å². The van der Waals surface area contributed by atoms with Crippen LogP contribution in [0.25, 0.3) is 0 Å². The fourth-order valence-electron chi connectivity index (χ4n) is 2.97. The van der Waals surface area contributed by atoms with Gasteiger partial charge < -0.3 is 9.74 Å². The van der Waals surface area contributed by atoms with Crippen LogP contribution in [-0.2, 0) is 4.84 Å². The third kappa shape index (κ3) is 4.71. The van der Waals surface area contributed by atoms with Crippen molar-refractivity contribution in [3.05, 3.63) is 64.9 Å². The van der Waals surface area contributed by atoms with Gasteiger partial charge in [0.05, 0.1) is 0 Å².